The molecule has 2 nitrogen and oxygen atoms in total. The van der Waals surface area contributed by atoms with Crippen LogP contribution in [0.4, 0.5) is 0 Å². The summed E-state index contributed by atoms with van der Waals surface area (Å²) in [5.41, 5.74) is 2.04. The Labute approximate surface area is 126 Å². The SMILES string of the molecule is C=CCCCC(O)c1cccc(OCc2ccccc2)c1. The summed E-state index contributed by atoms with van der Waals surface area (Å²) < 4.78 is 5.78. The lowest BCUT2D eigenvalue weighted by atomic mass is 10.0. The van der Waals surface area contributed by atoms with E-state index in [9.17, 15) is 5.11 Å². The van der Waals surface area contributed by atoms with E-state index in [4.69, 9.17) is 4.74 Å². The van der Waals surface area contributed by atoms with Crippen molar-refractivity contribution in [2.24, 2.45) is 0 Å². The van der Waals surface area contributed by atoms with E-state index < -0.39 is 6.10 Å². The van der Waals surface area contributed by atoms with Gasteiger partial charge in [0.25, 0.3) is 0 Å². The molecule has 0 aromatic heterocycles. The fourth-order valence-electron chi connectivity index (χ4n) is 2.17. The van der Waals surface area contributed by atoms with Crippen LogP contribution in [-0.4, -0.2) is 5.11 Å². The average Bonchev–Trinajstić information content (AvgIpc) is 2.54. The number of aliphatic hydroxyl groups excluding tert-OH is 1. The molecule has 0 aliphatic rings. The molecule has 1 atom stereocenters. The Hall–Kier alpha value is -2.06. The maximum Gasteiger partial charge on any atom is 0.120 e. The number of hydrogen-bond acceptors (Lipinski definition) is 2. The van der Waals surface area contributed by atoms with E-state index in [0.29, 0.717) is 6.61 Å². The lowest BCUT2D eigenvalue weighted by Gasteiger charge is -2.12. The van der Waals surface area contributed by atoms with Crippen LogP contribution in [0.2, 0.25) is 0 Å². The van der Waals surface area contributed by atoms with Crippen LogP contribution in [0.25, 0.3) is 0 Å². The molecule has 2 heteroatoms. The van der Waals surface area contributed by atoms with Crippen LogP contribution in [0.5, 0.6) is 5.75 Å². The largest absolute Gasteiger partial charge is 0.489 e. The van der Waals surface area contributed by atoms with Gasteiger partial charge >= 0.3 is 0 Å². The average molecular weight is 282 g/mol. The lowest BCUT2D eigenvalue weighted by molar-refractivity contribution is 0.164. The van der Waals surface area contributed by atoms with E-state index in [1.807, 2.05) is 60.7 Å². The molecule has 1 N–H and O–H groups in total. The second kappa shape index (κ2) is 8.28. The Morgan fingerprint density at radius 1 is 1.10 bits per heavy atom. The number of ether oxygens (including phenoxy) is 1. The fraction of sp³-hybridized carbons (Fsp3) is 0.263. The minimum absolute atomic E-state index is 0.440. The van der Waals surface area contributed by atoms with Crippen LogP contribution in [-0.2, 0) is 6.61 Å². The molecule has 0 aliphatic carbocycles. The van der Waals surface area contributed by atoms with Crippen molar-refractivity contribution in [2.75, 3.05) is 0 Å². The van der Waals surface area contributed by atoms with Gasteiger partial charge in [-0.3, -0.25) is 0 Å². The molecular formula is C19H22O2. The van der Waals surface area contributed by atoms with Crippen LogP contribution in [0, 0.1) is 0 Å². The highest BCUT2D eigenvalue weighted by Gasteiger charge is 2.08. The van der Waals surface area contributed by atoms with E-state index in [2.05, 4.69) is 6.58 Å². The van der Waals surface area contributed by atoms with Crippen molar-refractivity contribution >= 4 is 0 Å². The number of unbranched alkanes of at least 4 members (excludes halogenated alkanes) is 1. The molecule has 0 amide bonds. The predicted molar refractivity (Wildman–Crippen MR) is 86.2 cm³/mol. The summed E-state index contributed by atoms with van der Waals surface area (Å²) in [5, 5.41) is 10.2. The first-order chi connectivity index (χ1) is 10.3. The van der Waals surface area contributed by atoms with Crippen molar-refractivity contribution in [3.8, 4) is 5.75 Å². The minimum atomic E-state index is -0.440. The summed E-state index contributed by atoms with van der Waals surface area (Å²) >= 11 is 0. The van der Waals surface area contributed by atoms with Gasteiger partial charge in [0.2, 0.25) is 0 Å². The zero-order valence-corrected chi connectivity index (χ0v) is 12.2. The molecule has 0 saturated heterocycles. The summed E-state index contributed by atoms with van der Waals surface area (Å²) in [5.74, 6) is 0.791. The Morgan fingerprint density at radius 2 is 1.90 bits per heavy atom. The van der Waals surface area contributed by atoms with Gasteiger partial charge in [-0.1, -0.05) is 48.5 Å². The molecule has 0 saturated carbocycles. The predicted octanol–water partition coefficient (Wildman–Crippen LogP) is 4.66. The van der Waals surface area contributed by atoms with Crippen molar-refractivity contribution in [3.63, 3.8) is 0 Å². The van der Waals surface area contributed by atoms with E-state index in [1.165, 1.54) is 0 Å². The summed E-state index contributed by atoms with van der Waals surface area (Å²) in [6.07, 6.45) is 4.06. The molecular weight excluding hydrogens is 260 g/mol. The van der Waals surface area contributed by atoms with Crippen LogP contribution in [0.3, 0.4) is 0 Å². The van der Waals surface area contributed by atoms with Crippen molar-refractivity contribution in [1.29, 1.82) is 0 Å². The lowest BCUT2D eigenvalue weighted by Crippen LogP contribution is -1.99. The topological polar surface area (TPSA) is 29.5 Å². The highest BCUT2D eigenvalue weighted by molar-refractivity contribution is 5.30. The van der Waals surface area contributed by atoms with Gasteiger partial charge in [0.05, 0.1) is 6.10 Å². The van der Waals surface area contributed by atoms with Gasteiger partial charge in [0, 0.05) is 0 Å². The maximum absolute atomic E-state index is 10.2. The quantitative estimate of drug-likeness (QED) is 0.564. The third-order valence-corrected chi connectivity index (χ3v) is 3.38. The Balaban J connectivity index is 1.92. The van der Waals surface area contributed by atoms with Gasteiger partial charge in [0.15, 0.2) is 0 Å². The van der Waals surface area contributed by atoms with E-state index in [-0.39, 0.29) is 0 Å². The summed E-state index contributed by atoms with van der Waals surface area (Å²) in [6.45, 7) is 4.23. The Morgan fingerprint density at radius 3 is 2.67 bits per heavy atom. The summed E-state index contributed by atoms with van der Waals surface area (Å²) in [4.78, 5) is 0. The summed E-state index contributed by atoms with van der Waals surface area (Å²) in [7, 11) is 0. The van der Waals surface area contributed by atoms with Gasteiger partial charge in [0.1, 0.15) is 12.4 Å². The van der Waals surface area contributed by atoms with Gasteiger partial charge in [-0.15, -0.1) is 6.58 Å². The van der Waals surface area contributed by atoms with Crippen LogP contribution in [0.15, 0.2) is 67.3 Å². The number of aliphatic hydroxyl groups is 1. The van der Waals surface area contributed by atoms with Crippen LogP contribution >= 0.6 is 0 Å². The Kier molecular flexibility index (Phi) is 6.04. The molecule has 2 aromatic carbocycles. The highest BCUT2D eigenvalue weighted by atomic mass is 16.5. The highest BCUT2D eigenvalue weighted by Crippen LogP contribution is 2.23. The second-order valence-electron chi connectivity index (χ2n) is 5.08. The number of allylic oxidation sites excluding steroid dienone is 1. The normalized spacial score (nSPS) is 11.9. The molecule has 0 aliphatic heterocycles. The zero-order chi connectivity index (χ0) is 14.9. The minimum Gasteiger partial charge on any atom is -0.489 e. The van der Waals surface area contributed by atoms with Crippen molar-refractivity contribution in [2.45, 2.75) is 32.0 Å². The van der Waals surface area contributed by atoms with Crippen molar-refractivity contribution in [1.82, 2.24) is 0 Å². The standard InChI is InChI=1S/C19H22O2/c1-2-3-5-13-19(20)17-11-8-12-18(14-17)21-15-16-9-6-4-7-10-16/h2,4,6-12,14,19-20H,1,3,5,13,15H2. The van der Waals surface area contributed by atoms with Gasteiger partial charge in [-0.25, -0.2) is 0 Å². The first-order valence-corrected chi connectivity index (χ1v) is 7.35. The van der Waals surface area contributed by atoms with Crippen molar-refractivity contribution < 1.29 is 9.84 Å². The van der Waals surface area contributed by atoms with E-state index in [0.717, 1.165) is 36.1 Å². The molecule has 0 heterocycles. The first-order valence-electron chi connectivity index (χ1n) is 7.35. The molecule has 0 bridgehead atoms. The molecule has 2 aromatic rings. The molecule has 1 unspecified atom stereocenters. The maximum atomic E-state index is 10.2. The smallest absolute Gasteiger partial charge is 0.120 e. The summed E-state index contributed by atoms with van der Waals surface area (Å²) in [6, 6.07) is 17.8. The molecule has 0 fully saturated rings. The van der Waals surface area contributed by atoms with Crippen LogP contribution < -0.4 is 4.74 Å². The zero-order valence-electron chi connectivity index (χ0n) is 12.2. The molecule has 110 valence electrons. The van der Waals surface area contributed by atoms with Gasteiger partial charge in [-0.2, -0.15) is 0 Å². The van der Waals surface area contributed by atoms with Crippen molar-refractivity contribution in [3.05, 3.63) is 78.4 Å². The molecule has 2 rings (SSSR count). The van der Waals surface area contributed by atoms with Gasteiger partial charge in [-0.05, 0) is 42.5 Å². The number of benzene rings is 2. The third-order valence-electron chi connectivity index (χ3n) is 3.38. The molecule has 21 heavy (non-hydrogen) atoms. The van der Waals surface area contributed by atoms with Gasteiger partial charge < -0.3 is 9.84 Å². The van der Waals surface area contributed by atoms with Crippen LogP contribution in [0.1, 0.15) is 36.5 Å². The van der Waals surface area contributed by atoms with E-state index in [1.54, 1.807) is 0 Å². The monoisotopic (exact) mass is 282 g/mol. The number of hydrogen-bond donors (Lipinski definition) is 1. The first kappa shape index (κ1) is 15.3. The second-order valence-corrected chi connectivity index (χ2v) is 5.08. The molecule has 0 spiro atoms. The molecule has 0 radical (unpaired) electrons. The fourth-order valence-corrected chi connectivity index (χ4v) is 2.17. The van der Waals surface area contributed by atoms with E-state index >= 15 is 0 Å². The Bertz CT molecular complexity index is 549. The number of rotatable bonds is 8. The third kappa shape index (κ3) is 5.09.